The number of hydrogen-bond donors (Lipinski definition) is 1. The number of aromatic nitrogens is 2. The first-order valence-electron chi connectivity index (χ1n) is 5.85. The molecule has 0 amide bonds. The molecule has 0 aliphatic rings. The molecule has 0 saturated carbocycles. The molecule has 0 aliphatic heterocycles. The zero-order valence-electron chi connectivity index (χ0n) is 10.5. The lowest BCUT2D eigenvalue weighted by molar-refractivity contribution is 0.0690. The normalized spacial score (nSPS) is 10.7. The van der Waals surface area contributed by atoms with Crippen molar-refractivity contribution in [2.75, 3.05) is 0 Å². The Labute approximate surface area is 118 Å². The van der Waals surface area contributed by atoms with Crippen LogP contribution < -0.4 is 4.74 Å². The zero-order valence-corrected chi connectivity index (χ0v) is 11.3. The van der Waals surface area contributed by atoms with Crippen molar-refractivity contribution in [2.24, 2.45) is 0 Å². The van der Waals surface area contributed by atoms with E-state index in [-0.39, 0.29) is 5.69 Å². The minimum absolute atomic E-state index is 0.0361. The van der Waals surface area contributed by atoms with E-state index in [0.717, 1.165) is 10.4 Å². The molecule has 20 heavy (non-hydrogen) atoms. The lowest BCUT2D eigenvalue weighted by atomic mass is 10.3. The minimum Gasteiger partial charge on any atom is -0.477 e. The fourth-order valence-corrected chi connectivity index (χ4v) is 2.54. The Kier molecular flexibility index (Phi) is 3.08. The monoisotopic (exact) mass is 286 g/mol. The van der Waals surface area contributed by atoms with Gasteiger partial charge in [0.15, 0.2) is 5.69 Å². The molecule has 5 nitrogen and oxygen atoms in total. The van der Waals surface area contributed by atoms with Crippen LogP contribution >= 0.6 is 11.3 Å². The molecule has 0 aromatic carbocycles. The van der Waals surface area contributed by atoms with E-state index in [1.165, 1.54) is 17.4 Å². The van der Waals surface area contributed by atoms with Gasteiger partial charge in [0.25, 0.3) is 0 Å². The molecule has 0 radical (unpaired) electrons. The van der Waals surface area contributed by atoms with E-state index >= 15 is 0 Å². The number of aryl methyl sites for hydroxylation is 1. The van der Waals surface area contributed by atoms with E-state index in [1.54, 1.807) is 18.3 Å². The SMILES string of the molecule is Cc1ccc(Oc2cc(C(=O)O)nc3ccsc23)cn1. The highest BCUT2D eigenvalue weighted by atomic mass is 32.1. The molecule has 100 valence electrons. The third-order valence-corrected chi connectivity index (χ3v) is 3.63. The number of carbonyl (C=O) groups is 1. The van der Waals surface area contributed by atoms with E-state index in [1.807, 2.05) is 18.4 Å². The number of ether oxygens (including phenoxy) is 1. The molecule has 3 rings (SSSR count). The fourth-order valence-electron chi connectivity index (χ4n) is 1.75. The van der Waals surface area contributed by atoms with E-state index < -0.39 is 5.97 Å². The van der Waals surface area contributed by atoms with Crippen molar-refractivity contribution in [3.05, 3.63) is 47.2 Å². The van der Waals surface area contributed by atoms with Gasteiger partial charge in [-0.05, 0) is 30.5 Å². The first-order chi connectivity index (χ1) is 9.63. The third-order valence-electron chi connectivity index (χ3n) is 2.71. The predicted molar refractivity (Wildman–Crippen MR) is 75.6 cm³/mol. The lowest BCUT2D eigenvalue weighted by Gasteiger charge is -2.07. The third kappa shape index (κ3) is 2.33. The molecular weight excluding hydrogens is 276 g/mol. The topological polar surface area (TPSA) is 72.3 Å². The van der Waals surface area contributed by atoms with Gasteiger partial charge in [0, 0.05) is 11.8 Å². The number of aromatic carboxylic acids is 1. The Balaban J connectivity index is 2.07. The summed E-state index contributed by atoms with van der Waals surface area (Å²) in [7, 11) is 0. The van der Waals surface area contributed by atoms with Crippen LogP contribution in [0.15, 0.2) is 35.8 Å². The number of nitrogens with zero attached hydrogens (tertiary/aromatic N) is 2. The largest absolute Gasteiger partial charge is 0.477 e. The summed E-state index contributed by atoms with van der Waals surface area (Å²) in [5.41, 5.74) is 1.47. The van der Waals surface area contributed by atoms with Crippen LogP contribution in [0.2, 0.25) is 0 Å². The molecule has 0 saturated heterocycles. The Morgan fingerprint density at radius 3 is 2.90 bits per heavy atom. The molecule has 3 heterocycles. The summed E-state index contributed by atoms with van der Waals surface area (Å²) >= 11 is 1.46. The molecule has 0 fully saturated rings. The van der Waals surface area contributed by atoms with Crippen LogP contribution in [0, 0.1) is 6.92 Å². The first kappa shape index (κ1) is 12.6. The second-order valence-corrected chi connectivity index (χ2v) is 5.10. The molecular formula is C14H10N2O3S. The smallest absolute Gasteiger partial charge is 0.354 e. The van der Waals surface area contributed by atoms with Crippen molar-refractivity contribution in [2.45, 2.75) is 6.92 Å². The van der Waals surface area contributed by atoms with Gasteiger partial charge >= 0.3 is 5.97 Å². The van der Waals surface area contributed by atoms with Gasteiger partial charge in [-0.15, -0.1) is 11.3 Å². The zero-order chi connectivity index (χ0) is 14.1. The molecule has 0 spiro atoms. The van der Waals surface area contributed by atoms with Gasteiger partial charge in [-0.2, -0.15) is 0 Å². The van der Waals surface area contributed by atoms with Crippen molar-refractivity contribution in [3.8, 4) is 11.5 Å². The van der Waals surface area contributed by atoms with E-state index in [9.17, 15) is 4.79 Å². The van der Waals surface area contributed by atoms with Gasteiger partial charge in [-0.25, -0.2) is 9.78 Å². The van der Waals surface area contributed by atoms with Crippen molar-refractivity contribution in [1.29, 1.82) is 0 Å². The molecule has 3 aromatic heterocycles. The molecule has 0 unspecified atom stereocenters. The van der Waals surface area contributed by atoms with E-state index in [2.05, 4.69) is 9.97 Å². The Bertz CT molecular complexity index is 781. The van der Waals surface area contributed by atoms with Crippen LogP contribution in [0.3, 0.4) is 0 Å². The highest BCUT2D eigenvalue weighted by Gasteiger charge is 2.13. The minimum atomic E-state index is -1.08. The highest BCUT2D eigenvalue weighted by molar-refractivity contribution is 7.17. The number of thiophene rings is 1. The first-order valence-corrected chi connectivity index (χ1v) is 6.73. The average molecular weight is 286 g/mol. The number of carboxylic acids is 1. The molecule has 0 atom stereocenters. The number of rotatable bonds is 3. The summed E-state index contributed by atoms with van der Waals surface area (Å²) in [6, 6.07) is 6.83. The number of carboxylic acid groups (broad SMARTS) is 1. The molecule has 3 aromatic rings. The second kappa shape index (κ2) is 4.90. The van der Waals surface area contributed by atoms with Gasteiger partial charge in [0.2, 0.25) is 0 Å². The van der Waals surface area contributed by atoms with Gasteiger partial charge < -0.3 is 9.84 Å². The molecule has 1 N–H and O–H groups in total. The standard InChI is InChI=1S/C14H10N2O3S/c1-8-2-3-9(7-15-8)19-12-6-11(14(17)18)16-10-4-5-20-13(10)12/h2-7H,1H3,(H,17,18). The Hall–Kier alpha value is -2.47. The predicted octanol–water partition coefficient (Wildman–Crippen LogP) is 3.49. The van der Waals surface area contributed by atoms with Crippen LogP contribution in [0.4, 0.5) is 0 Å². The van der Waals surface area contributed by atoms with Crippen molar-refractivity contribution in [3.63, 3.8) is 0 Å². The average Bonchev–Trinajstić information content (AvgIpc) is 2.89. The maximum atomic E-state index is 11.1. The molecule has 0 bridgehead atoms. The summed E-state index contributed by atoms with van der Waals surface area (Å²) in [5.74, 6) is -0.0362. The summed E-state index contributed by atoms with van der Waals surface area (Å²) in [4.78, 5) is 19.3. The quantitative estimate of drug-likeness (QED) is 0.798. The van der Waals surface area contributed by atoms with E-state index in [0.29, 0.717) is 17.0 Å². The van der Waals surface area contributed by atoms with Gasteiger partial charge in [-0.1, -0.05) is 0 Å². The summed E-state index contributed by atoms with van der Waals surface area (Å²) in [5, 5.41) is 10.9. The summed E-state index contributed by atoms with van der Waals surface area (Å²) < 4.78 is 6.56. The van der Waals surface area contributed by atoms with Gasteiger partial charge in [-0.3, -0.25) is 4.98 Å². The van der Waals surface area contributed by atoms with Crippen LogP contribution in [-0.4, -0.2) is 21.0 Å². The maximum absolute atomic E-state index is 11.1. The van der Waals surface area contributed by atoms with E-state index in [4.69, 9.17) is 9.84 Å². The van der Waals surface area contributed by atoms with Crippen LogP contribution in [0.5, 0.6) is 11.5 Å². The summed E-state index contributed by atoms with van der Waals surface area (Å²) in [6.07, 6.45) is 1.61. The van der Waals surface area contributed by atoms with Crippen LogP contribution in [-0.2, 0) is 0 Å². The molecule has 6 heteroatoms. The van der Waals surface area contributed by atoms with Crippen molar-refractivity contribution < 1.29 is 14.6 Å². The van der Waals surface area contributed by atoms with Crippen molar-refractivity contribution >= 4 is 27.5 Å². The number of pyridine rings is 2. The maximum Gasteiger partial charge on any atom is 0.354 e. The lowest BCUT2D eigenvalue weighted by Crippen LogP contribution is -2.00. The molecule has 0 aliphatic carbocycles. The Morgan fingerprint density at radius 1 is 1.35 bits per heavy atom. The fraction of sp³-hybridized carbons (Fsp3) is 0.0714. The van der Waals surface area contributed by atoms with Crippen molar-refractivity contribution in [1.82, 2.24) is 9.97 Å². The van der Waals surface area contributed by atoms with Gasteiger partial charge in [0.05, 0.1) is 16.4 Å². The summed E-state index contributed by atoms with van der Waals surface area (Å²) in [6.45, 7) is 1.89. The Morgan fingerprint density at radius 2 is 2.20 bits per heavy atom. The van der Waals surface area contributed by atoms with Crippen LogP contribution in [0.25, 0.3) is 10.2 Å². The highest BCUT2D eigenvalue weighted by Crippen LogP contribution is 2.33. The van der Waals surface area contributed by atoms with Gasteiger partial charge in [0.1, 0.15) is 11.5 Å². The second-order valence-electron chi connectivity index (χ2n) is 4.18. The number of hydrogen-bond acceptors (Lipinski definition) is 5. The van der Waals surface area contributed by atoms with Crippen LogP contribution in [0.1, 0.15) is 16.2 Å². The number of fused-ring (bicyclic) bond motifs is 1.